The minimum atomic E-state index is -4.36. The Labute approximate surface area is 187 Å². The van der Waals surface area contributed by atoms with Gasteiger partial charge in [0.1, 0.15) is 5.75 Å². The summed E-state index contributed by atoms with van der Waals surface area (Å²) in [5.41, 5.74) is 2.44. The SMILES string of the molecule is Cc1sc(CCOc2cccc(CC(=O)O)c2C2CC2)nc1-c1ccc(C(F)(F)F)cc1. The summed E-state index contributed by atoms with van der Waals surface area (Å²) in [7, 11) is 0. The second-order valence-electron chi connectivity index (χ2n) is 7.86. The van der Waals surface area contributed by atoms with Gasteiger partial charge in [-0.05, 0) is 49.4 Å². The van der Waals surface area contributed by atoms with Crippen LogP contribution in [-0.2, 0) is 23.8 Å². The number of carboxylic acids is 1. The number of thiazole rings is 1. The van der Waals surface area contributed by atoms with Gasteiger partial charge in [-0.1, -0.05) is 24.3 Å². The maximum absolute atomic E-state index is 12.8. The number of benzene rings is 2. The average Bonchev–Trinajstić information content (AvgIpc) is 3.49. The summed E-state index contributed by atoms with van der Waals surface area (Å²) in [4.78, 5) is 16.7. The number of aliphatic carboxylic acids is 1. The van der Waals surface area contributed by atoms with Gasteiger partial charge in [-0.15, -0.1) is 11.3 Å². The van der Waals surface area contributed by atoms with Crippen molar-refractivity contribution in [3.63, 3.8) is 0 Å². The third-order valence-corrected chi connectivity index (χ3v) is 6.41. The van der Waals surface area contributed by atoms with Gasteiger partial charge in [0.05, 0.1) is 29.3 Å². The van der Waals surface area contributed by atoms with Gasteiger partial charge in [0.15, 0.2) is 0 Å². The molecule has 1 aliphatic rings. The van der Waals surface area contributed by atoms with Crippen LogP contribution in [0.15, 0.2) is 42.5 Å². The molecule has 0 bridgehead atoms. The highest BCUT2D eigenvalue weighted by Crippen LogP contribution is 2.46. The Hall–Kier alpha value is -2.87. The highest BCUT2D eigenvalue weighted by molar-refractivity contribution is 7.12. The van der Waals surface area contributed by atoms with Crippen LogP contribution in [0, 0.1) is 6.92 Å². The van der Waals surface area contributed by atoms with Gasteiger partial charge < -0.3 is 9.84 Å². The second-order valence-corrected chi connectivity index (χ2v) is 9.15. The number of rotatable bonds is 8. The molecule has 32 heavy (non-hydrogen) atoms. The first-order valence-electron chi connectivity index (χ1n) is 10.3. The van der Waals surface area contributed by atoms with Crippen molar-refractivity contribution in [2.45, 2.75) is 44.7 Å². The summed E-state index contributed by atoms with van der Waals surface area (Å²) in [5.74, 6) is 0.217. The normalized spacial score (nSPS) is 13.9. The number of carbonyl (C=O) groups is 1. The summed E-state index contributed by atoms with van der Waals surface area (Å²) in [5, 5.41) is 10.0. The summed E-state index contributed by atoms with van der Waals surface area (Å²) >= 11 is 1.50. The smallest absolute Gasteiger partial charge is 0.416 e. The largest absolute Gasteiger partial charge is 0.493 e. The van der Waals surface area contributed by atoms with Crippen LogP contribution < -0.4 is 4.74 Å². The van der Waals surface area contributed by atoms with Gasteiger partial charge in [0, 0.05) is 22.4 Å². The second kappa shape index (κ2) is 8.94. The predicted molar refractivity (Wildman–Crippen MR) is 116 cm³/mol. The Kier molecular flexibility index (Phi) is 6.24. The first-order valence-corrected chi connectivity index (χ1v) is 11.1. The summed E-state index contributed by atoms with van der Waals surface area (Å²) in [6, 6.07) is 10.6. The van der Waals surface area contributed by atoms with Gasteiger partial charge in [-0.3, -0.25) is 4.79 Å². The molecular formula is C24H22F3NO3S. The minimum absolute atomic E-state index is 0.0226. The molecule has 2 aromatic carbocycles. The van der Waals surface area contributed by atoms with Crippen LogP contribution in [0.1, 0.15) is 45.3 Å². The van der Waals surface area contributed by atoms with Crippen LogP contribution in [0.3, 0.4) is 0 Å². The molecule has 4 rings (SSSR count). The molecule has 1 aliphatic carbocycles. The molecule has 1 heterocycles. The lowest BCUT2D eigenvalue weighted by atomic mass is 9.99. The van der Waals surface area contributed by atoms with Crippen LogP contribution in [0.5, 0.6) is 5.75 Å². The minimum Gasteiger partial charge on any atom is -0.493 e. The van der Waals surface area contributed by atoms with E-state index in [0.29, 0.717) is 30.2 Å². The maximum atomic E-state index is 12.8. The first-order chi connectivity index (χ1) is 15.2. The average molecular weight is 462 g/mol. The molecule has 0 spiro atoms. The number of halogens is 3. The number of aryl methyl sites for hydroxylation is 1. The van der Waals surface area contributed by atoms with Gasteiger partial charge in [0.2, 0.25) is 0 Å². The molecule has 0 atom stereocenters. The highest BCUT2D eigenvalue weighted by Gasteiger charge is 2.31. The Morgan fingerprint density at radius 3 is 2.53 bits per heavy atom. The van der Waals surface area contributed by atoms with E-state index in [0.717, 1.165) is 51.7 Å². The molecule has 168 valence electrons. The van der Waals surface area contributed by atoms with Gasteiger partial charge in [-0.25, -0.2) is 4.98 Å². The quantitative estimate of drug-likeness (QED) is 0.430. The molecule has 3 aromatic rings. The standard InChI is InChI=1S/C24H22F3NO3S/c1-14-23(16-7-9-18(10-8-16)24(25,26)27)28-20(32-14)11-12-31-19-4-2-3-17(13-21(29)30)22(19)15-5-6-15/h2-4,7-10,15H,5-6,11-13H2,1H3,(H,29,30). The molecule has 8 heteroatoms. The van der Waals surface area contributed by atoms with Crippen LogP contribution in [0.2, 0.25) is 0 Å². The summed E-state index contributed by atoms with van der Waals surface area (Å²) in [6.45, 7) is 2.28. The van der Waals surface area contributed by atoms with Gasteiger partial charge >= 0.3 is 12.1 Å². The van der Waals surface area contributed by atoms with E-state index < -0.39 is 17.7 Å². The zero-order valence-corrected chi connectivity index (χ0v) is 18.2. The third-order valence-electron chi connectivity index (χ3n) is 5.38. The molecule has 1 N–H and O–H groups in total. The Morgan fingerprint density at radius 2 is 1.91 bits per heavy atom. The van der Waals surface area contributed by atoms with Crippen molar-refractivity contribution in [2.24, 2.45) is 0 Å². The van der Waals surface area contributed by atoms with Crippen molar-refractivity contribution in [1.29, 1.82) is 0 Å². The van der Waals surface area contributed by atoms with E-state index in [1.54, 1.807) is 0 Å². The fourth-order valence-electron chi connectivity index (χ4n) is 3.76. The molecule has 0 saturated heterocycles. The Morgan fingerprint density at radius 1 is 1.19 bits per heavy atom. The molecule has 0 unspecified atom stereocenters. The number of ether oxygens (including phenoxy) is 1. The lowest BCUT2D eigenvalue weighted by molar-refractivity contribution is -0.138. The lowest BCUT2D eigenvalue weighted by Crippen LogP contribution is -2.07. The van der Waals surface area contributed by atoms with Crippen molar-refractivity contribution >= 4 is 17.3 Å². The van der Waals surface area contributed by atoms with Crippen LogP contribution in [0.25, 0.3) is 11.3 Å². The van der Waals surface area contributed by atoms with E-state index in [1.165, 1.54) is 23.5 Å². The number of alkyl halides is 3. The van der Waals surface area contributed by atoms with Crippen molar-refractivity contribution in [3.05, 3.63) is 69.0 Å². The zero-order chi connectivity index (χ0) is 22.9. The molecule has 0 aliphatic heterocycles. The number of hydrogen-bond acceptors (Lipinski definition) is 4. The van der Waals surface area contributed by atoms with Crippen molar-refractivity contribution < 1.29 is 27.8 Å². The van der Waals surface area contributed by atoms with E-state index in [-0.39, 0.29) is 6.42 Å². The number of carboxylic acid groups (broad SMARTS) is 1. The molecule has 0 amide bonds. The fourth-order valence-corrected chi connectivity index (χ4v) is 4.70. The topological polar surface area (TPSA) is 59.4 Å². The molecule has 1 fully saturated rings. The molecule has 1 aromatic heterocycles. The first kappa shape index (κ1) is 22.3. The van der Waals surface area contributed by atoms with Crippen LogP contribution in [0.4, 0.5) is 13.2 Å². The van der Waals surface area contributed by atoms with Crippen LogP contribution >= 0.6 is 11.3 Å². The monoisotopic (exact) mass is 461 g/mol. The van der Waals surface area contributed by atoms with E-state index in [9.17, 15) is 23.1 Å². The van der Waals surface area contributed by atoms with E-state index in [4.69, 9.17) is 4.74 Å². The lowest BCUT2D eigenvalue weighted by Gasteiger charge is -2.14. The van der Waals surface area contributed by atoms with Crippen LogP contribution in [-0.4, -0.2) is 22.7 Å². The predicted octanol–water partition coefficient (Wildman–Crippen LogP) is 6.26. The maximum Gasteiger partial charge on any atom is 0.416 e. The fraction of sp³-hybridized carbons (Fsp3) is 0.333. The number of aromatic nitrogens is 1. The third kappa shape index (κ3) is 5.12. The molecule has 1 saturated carbocycles. The van der Waals surface area contributed by atoms with E-state index >= 15 is 0 Å². The molecule has 4 nitrogen and oxygen atoms in total. The Balaban J connectivity index is 1.44. The Bertz CT molecular complexity index is 1120. The van der Waals surface area contributed by atoms with E-state index in [2.05, 4.69) is 4.98 Å². The number of hydrogen-bond donors (Lipinski definition) is 1. The highest BCUT2D eigenvalue weighted by atomic mass is 32.1. The van der Waals surface area contributed by atoms with Crippen molar-refractivity contribution in [1.82, 2.24) is 4.98 Å². The summed E-state index contributed by atoms with van der Waals surface area (Å²) < 4.78 is 44.4. The summed E-state index contributed by atoms with van der Waals surface area (Å²) in [6.07, 6.45) is -1.76. The molecular weight excluding hydrogens is 439 g/mol. The molecule has 0 radical (unpaired) electrons. The van der Waals surface area contributed by atoms with Gasteiger partial charge in [0.25, 0.3) is 0 Å². The van der Waals surface area contributed by atoms with Crippen molar-refractivity contribution in [3.8, 4) is 17.0 Å². The van der Waals surface area contributed by atoms with Crippen molar-refractivity contribution in [2.75, 3.05) is 6.61 Å². The van der Waals surface area contributed by atoms with E-state index in [1.807, 2.05) is 25.1 Å². The zero-order valence-electron chi connectivity index (χ0n) is 17.4. The van der Waals surface area contributed by atoms with Gasteiger partial charge in [-0.2, -0.15) is 13.2 Å². The number of nitrogens with zero attached hydrogens (tertiary/aromatic N) is 1.